The van der Waals surface area contributed by atoms with E-state index in [-0.39, 0.29) is 5.91 Å². The molecule has 1 N–H and O–H groups in total. The van der Waals surface area contributed by atoms with E-state index in [2.05, 4.69) is 21.9 Å². The van der Waals surface area contributed by atoms with Crippen LogP contribution in [-0.2, 0) is 11.2 Å². The summed E-state index contributed by atoms with van der Waals surface area (Å²) in [6, 6.07) is 24.0. The first-order valence-corrected chi connectivity index (χ1v) is 10.4. The van der Waals surface area contributed by atoms with Crippen LogP contribution in [0.25, 0.3) is 16.9 Å². The lowest BCUT2D eigenvalue weighted by molar-refractivity contribution is -0.116. The maximum atomic E-state index is 12.5. The lowest BCUT2D eigenvalue weighted by Crippen LogP contribution is -2.13. The average molecular weight is 388 g/mol. The molecular formula is C23H21N3OS. The van der Waals surface area contributed by atoms with Gasteiger partial charge in [-0.25, -0.2) is 4.98 Å². The van der Waals surface area contributed by atoms with Crippen LogP contribution in [0.15, 0.2) is 83.9 Å². The Morgan fingerprint density at radius 1 is 1.04 bits per heavy atom. The van der Waals surface area contributed by atoms with Gasteiger partial charge >= 0.3 is 0 Å². The number of hydrogen-bond donors (Lipinski definition) is 1. The van der Waals surface area contributed by atoms with Gasteiger partial charge in [0.15, 0.2) is 0 Å². The highest BCUT2D eigenvalue weighted by Gasteiger charge is 2.15. The van der Waals surface area contributed by atoms with Crippen molar-refractivity contribution in [2.45, 2.75) is 17.7 Å². The molecule has 0 saturated heterocycles. The van der Waals surface area contributed by atoms with Crippen molar-refractivity contribution in [3.63, 3.8) is 0 Å². The fraction of sp³-hybridized carbons (Fsp3) is 0.130. The summed E-state index contributed by atoms with van der Waals surface area (Å²) < 4.78 is 2.07. The van der Waals surface area contributed by atoms with Crippen molar-refractivity contribution in [2.75, 3.05) is 11.6 Å². The maximum absolute atomic E-state index is 12.5. The molecule has 0 unspecified atom stereocenters. The van der Waals surface area contributed by atoms with Gasteiger partial charge in [-0.05, 0) is 43.0 Å². The lowest BCUT2D eigenvalue weighted by Gasteiger charge is -2.08. The van der Waals surface area contributed by atoms with E-state index in [1.54, 1.807) is 11.8 Å². The third kappa shape index (κ3) is 3.94. The highest BCUT2D eigenvalue weighted by molar-refractivity contribution is 7.98. The smallest absolute Gasteiger partial charge is 0.224 e. The zero-order valence-corrected chi connectivity index (χ0v) is 16.4. The van der Waals surface area contributed by atoms with Crippen molar-refractivity contribution in [2.24, 2.45) is 0 Å². The molecule has 0 fully saturated rings. The zero-order chi connectivity index (χ0) is 19.3. The Labute approximate surface area is 168 Å². The maximum Gasteiger partial charge on any atom is 0.224 e. The van der Waals surface area contributed by atoms with Gasteiger partial charge in [0.2, 0.25) is 5.91 Å². The fourth-order valence-electron chi connectivity index (χ4n) is 3.27. The van der Waals surface area contributed by atoms with Crippen LogP contribution in [0.1, 0.15) is 12.1 Å². The summed E-state index contributed by atoms with van der Waals surface area (Å²) in [7, 11) is 0. The summed E-state index contributed by atoms with van der Waals surface area (Å²) in [5, 5.41) is 3.00. The van der Waals surface area contributed by atoms with E-state index in [0.717, 1.165) is 33.2 Å². The SMILES string of the molecule is CSc1cccc(NC(=O)CCc2c(-c3ccccc3)nc3ccccn23)c1. The van der Waals surface area contributed by atoms with Gasteiger partial charge in [0.05, 0.1) is 11.4 Å². The third-order valence-corrected chi connectivity index (χ3v) is 5.34. The van der Waals surface area contributed by atoms with Crippen molar-refractivity contribution in [3.8, 4) is 11.3 Å². The molecule has 0 aliphatic carbocycles. The molecule has 4 nitrogen and oxygen atoms in total. The Morgan fingerprint density at radius 2 is 1.86 bits per heavy atom. The zero-order valence-electron chi connectivity index (χ0n) is 15.6. The molecule has 140 valence electrons. The molecular weight excluding hydrogens is 366 g/mol. The number of amides is 1. The van der Waals surface area contributed by atoms with E-state index in [9.17, 15) is 4.79 Å². The molecule has 1 amide bonds. The van der Waals surface area contributed by atoms with Crippen molar-refractivity contribution in [1.82, 2.24) is 9.38 Å². The van der Waals surface area contributed by atoms with Crippen LogP contribution in [0.2, 0.25) is 0 Å². The number of anilines is 1. The number of aromatic nitrogens is 2. The van der Waals surface area contributed by atoms with Gasteiger partial charge in [-0.2, -0.15) is 0 Å². The van der Waals surface area contributed by atoms with Crippen LogP contribution in [0.4, 0.5) is 5.69 Å². The van der Waals surface area contributed by atoms with Gasteiger partial charge in [-0.15, -0.1) is 11.8 Å². The monoisotopic (exact) mass is 387 g/mol. The van der Waals surface area contributed by atoms with Gasteiger partial charge in [0.1, 0.15) is 5.65 Å². The van der Waals surface area contributed by atoms with E-state index < -0.39 is 0 Å². The highest BCUT2D eigenvalue weighted by Crippen LogP contribution is 2.26. The van der Waals surface area contributed by atoms with E-state index >= 15 is 0 Å². The molecule has 4 rings (SSSR count). The molecule has 0 saturated carbocycles. The van der Waals surface area contributed by atoms with E-state index in [1.165, 1.54) is 0 Å². The summed E-state index contributed by atoms with van der Waals surface area (Å²) >= 11 is 1.66. The van der Waals surface area contributed by atoms with Crippen molar-refractivity contribution in [3.05, 3.63) is 84.7 Å². The molecule has 0 spiro atoms. The number of nitrogens with zero attached hydrogens (tertiary/aromatic N) is 2. The highest BCUT2D eigenvalue weighted by atomic mass is 32.2. The van der Waals surface area contributed by atoms with Crippen LogP contribution in [0, 0.1) is 0 Å². The molecule has 0 aliphatic rings. The largest absolute Gasteiger partial charge is 0.326 e. The van der Waals surface area contributed by atoms with Crippen molar-refractivity contribution < 1.29 is 4.79 Å². The Morgan fingerprint density at radius 3 is 2.68 bits per heavy atom. The van der Waals surface area contributed by atoms with Crippen molar-refractivity contribution >= 4 is 29.0 Å². The van der Waals surface area contributed by atoms with E-state index in [0.29, 0.717) is 12.8 Å². The minimum Gasteiger partial charge on any atom is -0.326 e. The fourth-order valence-corrected chi connectivity index (χ4v) is 3.73. The lowest BCUT2D eigenvalue weighted by atomic mass is 10.1. The summed E-state index contributed by atoms with van der Waals surface area (Å²) in [6.45, 7) is 0. The topological polar surface area (TPSA) is 46.4 Å². The molecule has 0 atom stereocenters. The molecule has 2 aromatic heterocycles. The molecule has 4 aromatic rings. The number of nitrogens with one attached hydrogen (secondary N) is 1. The summed E-state index contributed by atoms with van der Waals surface area (Å²) in [5.41, 5.74) is 4.77. The second kappa shape index (κ2) is 8.31. The molecule has 0 radical (unpaired) electrons. The number of hydrogen-bond acceptors (Lipinski definition) is 3. The third-order valence-electron chi connectivity index (χ3n) is 4.62. The Bertz CT molecular complexity index is 1110. The van der Waals surface area contributed by atoms with Gasteiger partial charge in [0, 0.05) is 28.8 Å². The molecule has 0 aliphatic heterocycles. The van der Waals surface area contributed by atoms with Crippen LogP contribution in [0.3, 0.4) is 0 Å². The number of imidazole rings is 1. The predicted molar refractivity (Wildman–Crippen MR) is 116 cm³/mol. The quantitative estimate of drug-likeness (QED) is 0.457. The number of thioether (sulfide) groups is 1. The molecule has 0 bridgehead atoms. The number of benzene rings is 2. The van der Waals surface area contributed by atoms with E-state index in [1.807, 2.05) is 73.1 Å². The summed E-state index contributed by atoms with van der Waals surface area (Å²) in [6.07, 6.45) is 5.04. The molecule has 2 aromatic carbocycles. The summed E-state index contributed by atoms with van der Waals surface area (Å²) in [4.78, 5) is 18.5. The van der Waals surface area contributed by atoms with Gasteiger partial charge in [-0.3, -0.25) is 4.79 Å². The first kappa shape index (κ1) is 18.3. The van der Waals surface area contributed by atoms with Crippen LogP contribution in [-0.4, -0.2) is 21.5 Å². The normalized spacial score (nSPS) is 10.9. The summed E-state index contributed by atoms with van der Waals surface area (Å²) in [5.74, 6) is 0.00291. The number of carbonyl (C=O) groups is 1. The first-order chi connectivity index (χ1) is 13.7. The predicted octanol–water partition coefficient (Wildman–Crippen LogP) is 5.29. The molecule has 28 heavy (non-hydrogen) atoms. The van der Waals surface area contributed by atoms with E-state index in [4.69, 9.17) is 4.98 Å². The Balaban J connectivity index is 1.56. The first-order valence-electron chi connectivity index (χ1n) is 9.20. The second-order valence-corrected chi connectivity index (χ2v) is 7.36. The molecule has 2 heterocycles. The van der Waals surface area contributed by atoms with Crippen molar-refractivity contribution in [1.29, 1.82) is 0 Å². The Kier molecular flexibility index (Phi) is 5.44. The van der Waals surface area contributed by atoms with Gasteiger partial charge < -0.3 is 9.72 Å². The van der Waals surface area contributed by atoms with Crippen LogP contribution in [0.5, 0.6) is 0 Å². The van der Waals surface area contributed by atoms with Crippen LogP contribution >= 0.6 is 11.8 Å². The Hall–Kier alpha value is -3.05. The average Bonchev–Trinajstić information content (AvgIpc) is 3.11. The minimum absolute atomic E-state index is 0.00291. The molecule has 5 heteroatoms. The number of rotatable bonds is 6. The number of aryl methyl sites for hydroxylation is 1. The number of pyridine rings is 1. The van der Waals surface area contributed by atoms with Gasteiger partial charge in [0.25, 0.3) is 0 Å². The van der Waals surface area contributed by atoms with Gasteiger partial charge in [-0.1, -0.05) is 42.5 Å². The minimum atomic E-state index is 0.00291. The standard InChI is InChI=1S/C23H21N3OS/c1-28-19-11-7-10-18(16-19)24-22(27)14-13-20-23(17-8-3-2-4-9-17)25-21-12-5-6-15-26(20)21/h2-12,15-16H,13-14H2,1H3,(H,24,27). The second-order valence-electron chi connectivity index (χ2n) is 6.48. The number of fused-ring (bicyclic) bond motifs is 1. The number of carbonyl (C=O) groups excluding carboxylic acids is 1. The van der Waals surface area contributed by atoms with Crippen LogP contribution < -0.4 is 5.32 Å².